The normalized spacial score (nSPS) is 12.0. The number of benzene rings is 9. The zero-order valence-electron chi connectivity index (χ0n) is 33.0. The Morgan fingerprint density at radius 3 is 1.82 bits per heavy atom. The third kappa shape index (κ3) is 5.94. The number of hydrogen-bond acceptors (Lipinski definition) is 4. The molecule has 2 aromatic heterocycles. The maximum Gasteiger partial charge on any atom is 0.160 e. The third-order valence-electron chi connectivity index (χ3n) is 11.8. The lowest BCUT2D eigenvalue weighted by Gasteiger charge is -2.33. The highest BCUT2D eigenvalue weighted by Gasteiger charge is 2.26. The summed E-state index contributed by atoms with van der Waals surface area (Å²) < 4.78 is 8.89. The van der Waals surface area contributed by atoms with Gasteiger partial charge in [-0.25, -0.2) is 9.97 Å². The Labute approximate surface area is 353 Å². The van der Waals surface area contributed by atoms with Gasteiger partial charge in [0.05, 0.1) is 33.8 Å². The van der Waals surface area contributed by atoms with Crippen LogP contribution in [0.2, 0.25) is 0 Å². The molecule has 0 aliphatic carbocycles. The minimum absolute atomic E-state index is 0.697. The van der Waals surface area contributed by atoms with E-state index in [0.29, 0.717) is 5.82 Å². The van der Waals surface area contributed by atoms with Gasteiger partial charge < -0.3 is 14.2 Å². The molecule has 0 N–H and O–H groups in total. The quantitative estimate of drug-likeness (QED) is 0.169. The Bertz CT molecular complexity index is 3390. The van der Waals surface area contributed by atoms with Crippen LogP contribution in [0, 0.1) is 0 Å². The van der Waals surface area contributed by atoms with E-state index >= 15 is 0 Å². The van der Waals surface area contributed by atoms with Crippen LogP contribution in [0.5, 0.6) is 11.5 Å². The number of anilines is 3. The minimum Gasteiger partial charge on any atom is -0.453 e. The number of hydrogen-bond donors (Lipinski definition) is 0. The molecule has 9 aromatic carbocycles. The molecule has 0 bridgehead atoms. The summed E-state index contributed by atoms with van der Waals surface area (Å²) in [4.78, 5) is 12.5. The number of ether oxygens (including phenoxy) is 1. The van der Waals surface area contributed by atoms with Crippen LogP contribution >= 0.6 is 0 Å². The predicted molar refractivity (Wildman–Crippen MR) is 250 cm³/mol. The van der Waals surface area contributed by atoms with E-state index in [1.165, 1.54) is 21.5 Å². The van der Waals surface area contributed by atoms with Crippen LogP contribution in [0.15, 0.2) is 218 Å². The van der Waals surface area contributed by atoms with E-state index in [9.17, 15) is 0 Å². The molecule has 1 aliphatic heterocycles. The Kier molecular flexibility index (Phi) is 8.10. The van der Waals surface area contributed by atoms with Gasteiger partial charge in [-0.05, 0) is 94.7 Å². The molecule has 0 saturated heterocycles. The van der Waals surface area contributed by atoms with Gasteiger partial charge in [-0.15, -0.1) is 0 Å². The van der Waals surface area contributed by atoms with Crippen LogP contribution in [0.4, 0.5) is 17.1 Å². The van der Waals surface area contributed by atoms with E-state index in [0.717, 1.165) is 84.5 Å². The van der Waals surface area contributed by atoms with Gasteiger partial charge >= 0.3 is 0 Å². The van der Waals surface area contributed by atoms with E-state index in [1.54, 1.807) is 0 Å². The predicted octanol–water partition coefficient (Wildman–Crippen LogP) is 15.0. The van der Waals surface area contributed by atoms with Gasteiger partial charge in [0, 0.05) is 38.8 Å². The van der Waals surface area contributed by atoms with Crippen molar-refractivity contribution in [3.8, 4) is 62.2 Å². The summed E-state index contributed by atoms with van der Waals surface area (Å²) in [6.07, 6.45) is 0. The van der Waals surface area contributed by atoms with Crippen molar-refractivity contribution in [2.45, 2.75) is 0 Å². The number of aromatic nitrogens is 3. The van der Waals surface area contributed by atoms with Crippen molar-refractivity contribution < 1.29 is 4.74 Å². The summed E-state index contributed by atoms with van der Waals surface area (Å²) in [6, 6.07) is 76.8. The molecule has 12 rings (SSSR count). The van der Waals surface area contributed by atoms with Crippen molar-refractivity contribution in [2.75, 3.05) is 4.90 Å². The highest BCUT2D eigenvalue weighted by molar-refractivity contribution is 6.22. The van der Waals surface area contributed by atoms with E-state index in [2.05, 4.69) is 191 Å². The first-order valence-electron chi connectivity index (χ1n) is 20.6. The second-order valence-electron chi connectivity index (χ2n) is 15.4. The van der Waals surface area contributed by atoms with E-state index in [1.807, 2.05) is 36.4 Å². The lowest BCUT2D eigenvalue weighted by atomic mass is 9.99. The topological polar surface area (TPSA) is 43.2 Å². The Morgan fingerprint density at radius 1 is 0.361 bits per heavy atom. The standard InChI is InChI=1S/C56H36N4O/c1-4-16-38(17-5-1)47-36-48(58-56(57-47)39-18-6-2-7-19-39)42-20-14-23-44(33-42)60-49-30-28-40(34-46(49)55-45-24-11-10-15-37(45)27-31-51(55)60)41-29-32-54-52(35-41)59(43-21-8-3-9-22-43)50-25-12-13-26-53(50)61-54/h1-36H. The molecule has 0 atom stereocenters. The van der Waals surface area contributed by atoms with E-state index in [4.69, 9.17) is 14.7 Å². The van der Waals surface area contributed by atoms with Gasteiger partial charge in [0.1, 0.15) is 0 Å². The molecule has 5 nitrogen and oxygen atoms in total. The fraction of sp³-hybridized carbons (Fsp3) is 0. The Morgan fingerprint density at radius 2 is 0.984 bits per heavy atom. The zero-order valence-corrected chi connectivity index (χ0v) is 33.0. The third-order valence-corrected chi connectivity index (χ3v) is 11.8. The van der Waals surface area contributed by atoms with Crippen molar-refractivity contribution >= 4 is 49.6 Å². The monoisotopic (exact) mass is 780 g/mol. The van der Waals surface area contributed by atoms with Gasteiger partial charge in [0.2, 0.25) is 0 Å². The van der Waals surface area contributed by atoms with E-state index < -0.39 is 0 Å². The SMILES string of the molecule is c1ccc(-c2cc(-c3cccc(-n4c5ccc(-c6ccc7c(c6)N(c6ccccc6)c6ccccc6O7)cc5c5c6ccccc6ccc54)c3)nc(-c3ccccc3)n2)cc1. The van der Waals surface area contributed by atoms with Crippen molar-refractivity contribution in [1.82, 2.24) is 14.5 Å². The van der Waals surface area contributed by atoms with Gasteiger partial charge in [0.25, 0.3) is 0 Å². The summed E-state index contributed by atoms with van der Waals surface area (Å²) in [5, 5.41) is 4.84. The molecule has 0 unspecified atom stereocenters. The van der Waals surface area contributed by atoms with Gasteiger partial charge in [-0.3, -0.25) is 0 Å². The largest absolute Gasteiger partial charge is 0.453 e. The van der Waals surface area contributed by atoms with Crippen LogP contribution in [0.1, 0.15) is 0 Å². The molecule has 0 amide bonds. The second kappa shape index (κ2) is 14.2. The first kappa shape index (κ1) is 34.7. The molecule has 5 heteroatoms. The van der Waals surface area contributed by atoms with Crippen LogP contribution in [-0.2, 0) is 0 Å². The molecule has 11 aromatic rings. The van der Waals surface area contributed by atoms with Crippen LogP contribution in [0.25, 0.3) is 83.3 Å². The van der Waals surface area contributed by atoms with Crippen molar-refractivity contribution in [3.05, 3.63) is 218 Å². The van der Waals surface area contributed by atoms with Gasteiger partial charge in [-0.1, -0.05) is 146 Å². The molecule has 1 aliphatic rings. The molecular formula is C56H36N4O. The van der Waals surface area contributed by atoms with Crippen LogP contribution in [0.3, 0.4) is 0 Å². The van der Waals surface area contributed by atoms with Crippen LogP contribution in [-0.4, -0.2) is 14.5 Å². The molecule has 0 saturated carbocycles. The van der Waals surface area contributed by atoms with Gasteiger partial charge in [0.15, 0.2) is 17.3 Å². The van der Waals surface area contributed by atoms with Crippen LogP contribution < -0.4 is 9.64 Å². The first-order chi connectivity index (χ1) is 30.2. The maximum absolute atomic E-state index is 6.50. The molecule has 61 heavy (non-hydrogen) atoms. The lowest BCUT2D eigenvalue weighted by Crippen LogP contribution is -2.15. The van der Waals surface area contributed by atoms with Crippen molar-refractivity contribution in [3.63, 3.8) is 0 Å². The molecular weight excluding hydrogens is 745 g/mol. The summed E-state index contributed by atoms with van der Waals surface area (Å²) in [5.74, 6) is 2.36. The summed E-state index contributed by atoms with van der Waals surface area (Å²) >= 11 is 0. The zero-order chi connectivity index (χ0) is 40.3. The average molecular weight is 781 g/mol. The summed E-state index contributed by atoms with van der Waals surface area (Å²) in [5.41, 5.74) is 13.5. The molecule has 286 valence electrons. The van der Waals surface area contributed by atoms with E-state index in [-0.39, 0.29) is 0 Å². The fourth-order valence-electron chi connectivity index (χ4n) is 8.91. The molecule has 0 fully saturated rings. The minimum atomic E-state index is 0.697. The number of fused-ring (bicyclic) bond motifs is 7. The number of nitrogens with zero attached hydrogens (tertiary/aromatic N) is 4. The summed E-state index contributed by atoms with van der Waals surface area (Å²) in [6.45, 7) is 0. The molecule has 0 radical (unpaired) electrons. The number of para-hydroxylation sites is 3. The highest BCUT2D eigenvalue weighted by Crippen LogP contribution is 2.51. The summed E-state index contributed by atoms with van der Waals surface area (Å²) in [7, 11) is 0. The highest BCUT2D eigenvalue weighted by atomic mass is 16.5. The second-order valence-corrected chi connectivity index (χ2v) is 15.4. The fourth-order valence-corrected chi connectivity index (χ4v) is 8.91. The van der Waals surface area contributed by atoms with Gasteiger partial charge in [-0.2, -0.15) is 0 Å². The first-order valence-corrected chi connectivity index (χ1v) is 20.6. The maximum atomic E-state index is 6.50. The molecule has 3 heterocycles. The van der Waals surface area contributed by atoms with Crippen molar-refractivity contribution in [1.29, 1.82) is 0 Å². The Hall–Kier alpha value is -8.28. The Balaban J connectivity index is 1.03. The molecule has 0 spiro atoms. The van der Waals surface area contributed by atoms with Crippen molar-refractivity contribution in [2.24, 2.45) is 0 Å². The smallest absolute Gasteiger partial charge is 0.160 e. The average Bonchev–Trinajstić information content (AvgIpc) is 3.68. The number of rotatable bonds is 6. The lowest BCUT2D eigenvalue weighted by molar-refractivity contribution is 0.477.